The standard InChI is InChI=1S/C19H20N2O3/c1-13-4-8-15(9-5-13)18(22)21-17(19(23)20-2)12-14-6-10-16(24-3)11-7-14/h4-12H,1-3H3,(H,20,23)(H,21,22). The van der Waals surface area contributed by atoms with Gasteiger partial charge in [-0.15, -0.1) is 0 Å². The Labute approximate surface area is 141 Å². The molecule has 0 saturated heterocycles. The van der Waals surface area contributed by atoms with E-state index in [4.69, 9.17) is 4.74 Å². The van der Waals surface area contributed by atoms with Crippen molar-refractivity contribution < 1.29 is 14.3 Å². The monoisotopic (exact) mass is 324 g/mol. The quantitative estimate of drug-likeness (QED) is 0.831. The van der Waals surface area contributed by atoms with Crippen molar-refractivity contribution in [2.75, 3.05) is 14.2 Å². The predicted octanol–water partition coefficient (Wildman–Crippen LogP) is 2.52. The average molecular weight is 324 g/mol. The van der Waals surface area contributed by atoms with E-state index in [2.05, 4.69) is 10.6 Å². The maximum Gasteiger partial charge on any atom is 0.267 e. The van der Waals surface area contributed by atoms with Crippen LogP contribution in [0.15, 0.2) is 54.2 Å². The fourth-order valence-electron chi connectivity index (χ4n) is 2.06. The molecular formula is C19H20N2O3. The van der Waals surface area contributed by atoms with E-state index in [0.717, 1.165) is 16.9 Å². The van der Waals surface area contributed by atoms with Crippen LogP contribution in [0.2, 0.25) is 0 Å². The van der Waals surface area contributed by atoms with Crippen molar-refractivity contribution in [2.45, 2.75) is 6.92 Å². The molecule has 2 N–H and O–H groups in total. The average Bonchev–Trinajstić information content (AvgIpc) is 2.61. The summed E-state index contributed by atoms with van der Waals surface area (Å²) in [6.45, 7) is 1.95. The Kier molecular flexibility index (Phi) is 5.73. The second kappa shape index (κ2) is 7.97. The third-order valence-electron chi connectivity index (χ3n) is 3.46. The fourth-order valence-corrected chi connectivity index (χ4v) is 2.06. The van der Waals surface area contributed by atoms with Crippen molar-refractivity contribution in [3.8, 4) is 5.75 Å². The molecule has 2 amide bonds. The summed E-state index contributed by atoms with van der Waals surface area (Å²) in [5.74, 6) is 0.0157. The van der Waals surface area contributed by atoms with Crippen molar-refractivity contribution >= 4 is 17.9 Å². The highest BCUT2D eigenvalue weighted by molar-refractivity contribution is 6.05. The van der Waals surface area contributed by atoms with E-state index in [1.54, 1.807) is 49.6 Å². The molecule has 0 aromatic heterocycles. The first kappa shape index (κ1) is 17.3. The summed E-state index contributed by atoms with van der Waals surface area (Å²) in [7, 11) is 3.10. The molecule has 0 aliphatic rings. The van der Waals surface area contributed by atoms with Crippen LogP contribution in [0.5, 0.6) is 5.75 Å². The van der Waals surface area contributed by atoms with Crippen molar-refractivity contribution in [1.82, 2.24) is 10.6 Å². The Hall–Kier alpha value is -3.08. The molecule has 124 valence electrons. The van der Waals surface area contributed by atoms with E-state index >= 15 is 0 Å². The molecule has 0 fully saturated rings. The highest BCUT2D eigenvalue weighted by atomic mass is 16.5. The largest absolute Gasteiger partial charge is 0.497 e. The van der Waals surface area contributed by atoms with E-state index in [0.29, 0.717) is 5.56 Å². The van der Waals surface area contributed by atoms with Crippen LogP contribution in [-0.2, 0) is 4.79 Å². The maximum absolute atomic E-state index is 12.3. The van der Waals surface area contributed by atoms with Gasteiger partial charge in [-0.05, 0) is 42.8 Å². The number of rotatable bonds is 5. The van der Waals surface area contributed by atoms with Gasteiger partial charge in [0, 0.05) is 12.6 Å². The number of aryl methyl sites for hydroxylation is 1. The zero-order valence-electron chi connectivity index (χ0n) is 13.9. The molecule has 0 aliphatic carbocycles. The van der Waals surface area contributed by atoms with Gasteiger partial charge < -0.3 is 15.4 Å². The molecular weight excluding hydrogens is 304 g/mol. The minimum Gasteiger partial charge on any atom is -0.497 e. The van der Waals surface area contributed by atoms with Crippen molar-refractivity contribution in [3.05, 3.63) is 70.9 Å². The molecule has 2 rings (SSSR count). The van der Waals surface area contributed by atoms with Crippen LogP contribution < -0.4 is 15.4 Å². The molecule has 5 heteroatoms. The summed E-state index contributed by atoms with van der Waals surface area (Å²) < 4.78 is 5.11. The summed E-state index contributed by atoms with van der Waals surface area (Å²) in [5, 5.41) is 5.19. The van der Waals surface area contributed by atoms with Gasteiger partial charge >= 0.3 is 0 Å². The van der Waals surface area contributed by atoms with Gasteiger partial charge in [0.1, 0.15) is 11.4 Å². The summed E-state index contributed by atoms with van der Waals surface area (Å²) in [5.41, 5.74) is 2.50. The number of ether oxygens (including phenoxy) is 1. The normalized spacial score (nSPS) is 10.9. The van der Waals surface area contributed by atoms with Crippen LogP contribution in [-0.4, -0.2) is 26.0 Å². The van der Waals surface area contributed by atoms with Gasteiger partial charge in [0.15, 0.2) is 0 Å². The molecule has 2 aromatic carbocycles. The summed E-state index contributed by atoms with van der Waals surface area (Å²) in [6, 6.07) is 14.3. The predicted molar refractivity (Wildman–Crippen MR) is 93.7 cm³/mol. The molecule has 2 aromatic rings. The summed E-state index contributed by atoms with van der Waals surface area (Å²) in [6.07, 6.45) is 1.62. The Bertz CT molecular complexity index is 747. The van der Waals surface area contributed by atoms with E-state index in [1.165, 1.54) is 7.05 Å². The number of hydrogen-bond acceptors (Lipinski definition) is 3. The highest BCUT2D eigenvalue weighted by Crippen LogP contribution is 2.14. The molecule has 0 bridgehead atoms. The second-order valence-electron chi connectivity index (χ2n) is 5.23. The van der Waals surface area contributed by atoms with Crippen LogP contribution in [0.4, 0.5) is 0 Å². The lowest BCUT2D eigenvalue weighted by Gasteiger charge is -2.09. The fraction of sp³-hybridized carbons (Fsp3) is 0.158. The summed E-state index contributed by atoms with van der Waals surface area (Å²) in [4.78, 5) is 24.4. The van der Waals surface area contributed by atoms with E-state index < -0.39 is 0 Å². The number of carbonyl (C=O) groups is 2. The number of nitrogens with one attached hydrogen (secondary N) is 2. The number of likely N-dealkylation sites (N-methyl/N-ethyl adjacent to an activating group) is 1. The zero-order valence-corrected chi connectivity index (χ0v) is 13.9. The minimum atomic E-state index is -0.369. The SMILES string of the molecule is CNC(=O)C(=Cc1ccc(OC)cc1)NC(=O)c1ccc(C)cc1. The molecule has 5 nitrogen and oxygen atoms in total. The topological polar surface area (TPSA) is 67.4 Å². The van der Waals surface area contributed by atoms with Crippen molar-refractivity contribution in [2.24, 2.45) is 0 Å². The Balaban J connectivity index is 2.24. The van der Waals surface area contributed by atoms with E-state index in [-0.39, 0.29) is 17.5 Å². The molecule has 0 spiro atoms. The molecule has 0 aliphatic heterocycles. The van der Waals surface area contributed by atoms with Crippen LogP contribution in [0.25, 0.3) is 6.08 Å². The van der Waals surface area contributed by atoms with Gasteiger partial charge in [-0.25, -0.2) is 0 Å². The van der Waals surface area contributed by atoms with Crippen LogP contribution >= 0.6 is 0 Å². The maximum atomic E-state index is 12.3. The van der Waals surface area contributed by atoms with Crippen molar-refractivity contribution in [3.63, 3.8) is 0 Å². The van der Waals surface area contributed by atoms with E-state index in [1.807, 2.05) is 19.1 Å². The minimum absolute atomic E-state index is 0.174. The first-order chi connectivity index (χ1) is 11.5. The lowest BCUT2D eigenvalue weighted by molar-refractivity contribution is -0.117. The lowest BCUT2D eigenvalue weighted by Crippen LogP contribution is -2.33. The van der Waals surface area contributed by atoms with Gasteiger partial charge in [0.2, 0.25) is 0 Å². The molecule has 0 unspecified atom stereocenters. The first-order valence-electron chi connectivity index (χ1n) is 7.49. The van der Waals surface area contributed by atoms with E-state index in [9.17, 15) is 9.59 Å². The number of amides is 2. The lowest BCUT2D eigenvalue weighted by atomic mass is 10.1. The third-order valence-corrected chi connectivity index (χ3v) is 3.46. The third kappa shape index (κ3) is 4.46. The van der Waals surface area contributed by atoms with Gasteiger partial charge in [0.25, 0.3) is 11.8 Å². The summed E-state index contributed by atoms with van der Waals surface area (Å²) >= 11 is 0. The molecule has 0 atom stereocenters. The van der Waals surface area contributed by atoms with Gasteiger partial charge in [-0.1, -0.05) is 29.8 Å². The number of benzene rings is 2. The van der Waals surface area contributed by atoms with Crippen LogP contribution in [0, 0.1) is 6.92 Å². The molecule has 0 saturated carbocycles. The van der Waals surface area contributed by atoms with Crippen molar-refractivity contribution in [1.29, 1.82) is 0 Å². The van der Waals surface area contributed by atoms with Crippen LogP contribution in [0.1, 0.15) is 21.5 Å². The smallest absolute Gasteiger partial charge is 0.267 e. The Morgan fingerprint density at radius 2 is 1.62 bits per heavy atom. The van der Waals surface area contributed by atoms with Gasteiger partial charge in [-0.3, -0.25) is 9.59 Å². The number of methoxy groups -OCH3 is 1. The van der Waals surface area contributed by atoms with Gasteiger partial charge in [-0.2, -0.15) is 0 Å². The number of hydrogen-bond donors (Lipinski definition) is 2. The molecule has 0 heterocycles. The number of carbonyl (C=O) groups excluding carboxylic acids is 2. The second-order valence-corrected chi connectivity index (χ2v) is 5.23. The highest BCUT2D eigenvalue weighted by Gasteiger charge is 2.13. The zero-order chi connectivity index (χ0) is 17.5. The molecule has 0 radical (unpaired) electrons. The van der Waals surface area contributed by atoms with Gasteiger partial charge in [0.05, 0.1) is 7.11 Å². The molecule has 24 heavy (non-hydrogen) atoms. The first-order valence-corrected chi connectivity index (χ1v) is 7.49. The Morgan fingerprint density at radius 3 is 2.17 bits per heavy atom. The Morgan fingerprint density at radius 1 is 1.00 bits per heavy atom. The van der Waals surface area contributed by atoms with Crippen LogP contribution in [0.3, 0.4) is 0 Å².